The van der Waals surface area contributed by atoms with Crippen LogP contribution in [0.25, 0.3) is 33.3 Å². The number of furan rings is 1. The van der Waals surface area contributed by atoms with E-state index in [-0.39, 0.29) is 16.2 Å². The Morgan fingerprint density at radius 3 is 2.46 bits per heavy atom. The zero-order valence-electron chi connectivity index (χ0n) is 20.6. The Kier molecular flexibility index (Phi) is 6.46. The lowest BCUT2D eigenvalue weighted by molar-refractivity contribution is -0.143. The summed E-state index contributed by atoms with van der Waals surface area (Å²) in [7, 11) is -2.76. The van der Waals surface area contributed by atoms with Gasteiger partial charge in [0, 0.05) is 27.8 Å². The number of benzene rings is 2. The van der Waals surface area contributed by atoms with Crippen LogP contribution in [0.1, 0.15) is 46.9 Å². The molecule has 4 aromatic rings. The molecule has 0 fully saturated rings. The summed E-state index contributed by atoms with van der Waals surface area (Å²) < 4.78 is 44.6. The Balaban J connectivity index is 1.69. The number of carbonyl (C=O) groups is 1. The van der Waals surface area contributed by atoms with Crippen LogP contribution in [0, 0.1) is 5.92 Å². The molecule has 2 aromatic carbocycles. The van der Waals surface area contributed by atoms with Crippen molar-refractivity contribution in [1.82, 2.24) is 14.9 Å². The normalized spacial score (nSPS) is 13.6. The zero-order valence-corrected chi connectivity index (χ0v) is 21.4. The topological polar surface area (TPSA) is 125 Å². The van der Waals surface area contributed by atoms with E-state index < -0.39 is 22.0 Å². The summed E-state index contributed by atoms with van der Waals surface area (Å²) in [5.74, 6) is 0.464. The second kappa shape index (κ2) is 9.09. The van der Waals surface area contributed by atoms with Crippen molar-refractivity contribution in [1.29, 1.82) is 0 Å². The van der Waals surface area contributed by atoms with E-state index in [1.54, 1.807) is 12.1 Å². The first-order valence-corrected chi connectivity index (χ1v) is 12.8. The van der Waals surface area contributed by atoms with Crippen molar-refractivity contribution in [2.45, 2.75) is 57.4 Å². The van der Waals surface area contributed by atoms with Gasteiger partial charge in [-0.3, -0.25) is 4.79 Å². The molecule has 0 aliphatic heterocycles. The molecular formula is C25H29N3O6S. The second-order valence-electron chi connectivity index (χ2n) is 9.97. The van der Waals surface area contributed by atoms with Crippen molar-refractivity contribution in [3.8, 4) is 11.4 Å². The summed E-state index contributed by atoms with van der Waals surface area (Å²) in [5.41, 5.74) is 1.49. The van der Waals surface area contributed by atoms with Gasteiger partial charge in [-0.15, -0.1) is 0 Å². The van der Waals surface area contributed by atoms with Gasteiger partial charge >= 0.3 is 5.97 Å². The van der Waals surface area contributed by atoms with Gasteiger partial charge in [0.15, 0.2) is 0 Å². The molecule has 0 bridgehead atoms. The molecular weight excluding hydrogens is 470 g/mol. The minimum Gasteiger partial charge on any atom is -0.468 e. The maximum atomic E-state index is 13.0. The van der Waals surface area contributed by atoms with Crippen LogP contribution in [-0.4, -0.2) is 37.7 Å². The van der Waals surface area contributed by atoms with Crippen LogP contribution in [0.5, 0.6) is 0 Å². The number of nitrogens with one attached hydrogen (secondary N) is 1. The molecule has 0 saturated heterocycles. The quantitative estimate of drug-likeness (QED) is 0.360. The molecule has 35 heavy (non-hydrogen) atoms. The fraction of sp³-hybridized carbons (Fsp3) is 0.400. The summed E-state index contributed by atoms with van der Waals surface area (Å²) in [4.78, 5) is 16.6. The number of carbonyl (C=O) groups excluding carboxylic acids is 1. The molecule has 1 atom stereocenters. The predicted molar refractivity (Wildman–Crippen MR) is 131 cm³/mol. The molecule has 10 heteroatoms. The molecule has 4 rings (SSSR count). The maximum absolute atomic E-state index is 13.0. The third-order valence-corrected chi connectivity index (χ3v) is 7.04. The summed E-state index contributed by atoms with van der Waals surface area (Å²) in [6, 6.07) is 9.16. The molecule has 0 saturated carbocycles. The number of fused-ring (bicyclic) bond motifs is 3. The van der Waals surface area contributed by atoms with Gasteiger partial charge in [-0.1, -0.05) is 39.8 Å². The Morgan fingerprint density at radius 2 is 1.83 bits per heavy atom. The van der Waals surface area contributed by atoms with E-state index >= 15 is 0 Å². The zero-order chi connectivity index (χ0) is 25.5. The molecule has 0 radical (unpaired) electrons. The highest BCUT2D eigenvalue weighted by Gasteiger charge is 2.28. The lowest BCUT2D eigenvalue weighted by Gasteiger charge is -2.18. The highest BCUT2D eigenvalue weighted by atomic mass is 32.2. The first-order chi connectivity index (χ1) is 16.4. The average Bonchev–Trinajstić information content (AvgIpc) is 3.41. The summed E-state index contributed by atoms with van der Waals surface area (Å²) in [5, 5.41) is 5.64. The van der Waals surface area contributed by atoms with Crippen LogP contribution >= 0.6 is 0 Å². The molecule has 0 aliphatic rings. The molecule has 0 aliphatic carbocycles. The molecule has 1 unspecified atom stereocenters. The van der Waals surface area contributed by atoms with Crippen LogP contribution in [0.15, 0.2) is 50.2 Å². The predicted octanol–water partition coefficient (Wildman–Crippen LogP) is 4.80. The second-order valence-corrected chi connectivity index (χ2v) is 11.7. The molecule has 2 aromatic heterocycles. The molecule has 0 spiro atoms. The fourth-order valence-corrected chi connectivity index (χ4v) is 4.98. The number of rotatable bonds is 7. The van der Waals surface area contributed by atoms with Crippen molar-refractivity contribution in [2.75, 3.05) is 7.11 Å². The number of ether oxygens (including phenoxy) is 1. The summed E-state index contributed by atoms with van der Waals surface area (Å²) in [6.07, 6.45) is 0.314. The Morgan fingerprint density at radius 1 is 1.09 bits per heavy atom. The van der Waals surface area contributed by atoms with Crippen molar-refractivity contribution in [3.63, 3.8) is 0 Å². The van der Waals surface area contributed by atoms with Gasteiger partial charge in [-0.05, 0) is 42.7 Å². The highest BCUT2D eigenvalue weighted by Crippen LogP contribution is 2.33. The first-order valence-electron chi connectivity index (χ1n) is 11.3. The summed E-state index contributed by atoms with van der Waals surface area (Å²) >= 11 is 0. The van der Waals surface area contributed by atoms with E-state index in [1.807, 2.05) is 46.8 Å². The van der Waals surface area contributed by atoms with Gasteiger partial charge in [0.2, 0.25) is 21.7 Å². The molecule has 186 valence electrons. The number of aromatic nitrogens is 2. The monoisotopic (exact) mass is 499 g/mol. The minimum absolute atomic E-state index is 0.00470. The fourth-order valence-electron chi connectivity index (χ4n) is 3.77. The van der Waals surface area contributed by atoms with Crippen LogP contribution in [-0.2, 0) is 25.0 Å². The van der Waals surface area contributed by atoms with E-state index in [0.717, 1.165) is 16.3 Å². The van der Waals surface area contributed by atoms with Gasteiger partial charge in [0.1, 0.15) is 17.2 Å². The van der Waals surface area contributed by atoms with Crippen LogP contribution < -0.4 is 4.72 Å². The Bertz CT molecular complexity index is 1490. The van der Waals surface area contributed by atoms with Gasteiger partial charge in [-0.2, -0.15) is 9.71 Å². The maximum Gasteiger partial charge on any atom is 0.323 e. The van der Waals surface area contributed by atoms with Crippen LogP contribution in [0.2, 0.25) is 0 Å². The van der Waals surface area contributed by atoms with E-state index in [4.69, 9.17) is 13.7 Å². The molecule has 9 nitrogen and oxygen atoms in total. The third-order valence-electron chi connectivity index (χ3n) is 5.57. The number of hydrogen-bond donors (Lipinski definition) is 1. The standard InChI is InChI=1S/C25H29N3O6S/c1-14(2)11-19(23(29)32-6)28-35(30,31)16-8-9-17-18-12-15(7-10-20(18)33-21(17)13-16)22-26-24(34-27-22)25(3,4)5/h7-10,12-14,19,28H,11H2,1-6H3. The van der Waals surface area contributed by atoms with Crippen molar-refractivity contribution < 1.29 is 26.9 Å². The van der Waals surface area contributed by atoms with Crippen molar-refractivity contribution in [2.24, 2.45) is 5.92 Å². The minimum atomic E-state index is -3.99. The smallest absolute Gasteiger partial charge is 0.323 e. The third kappa shape index (κ3) is 5.08. The number of sulfonamides is 1. The molecule has 0 amide bonds. The van der Waals surface area contributed by atoms with Gasteiger partial charge in [-0.25, -0.2) is 8.42 Å². The van der Waals surface area contributed by atoms with E-state index in [1.165, 1.54) is 19.2 Å². The molecule has 1 N–H and O–H groups in total. The first kappa shape index (κ1) is 24.9. The van der Waals surface area contributed by atoms with E-state index in [9.17, 15) is 13.2 Å². The van der Waals surface area contributed by atoms with Crippen LogP contribution in [0.4, 0.5) is 0 Å². The van der Waals surface area contributed by atoms with Crippen molar-refractivity contribution >= 4 is 37.9 Å². The average molecular weight is 500 g/mol. The van der Waals surface area contributed by atoms with Gasteiger partial charge < -0.3 is 13.7 Å². The van der Waals surface area contributed by atoms with Crippen molar-refractivity contribution in [3.05, 3.63) is 42.3 Å². The van der Waals surface area contributed by atoms with E-state index in [2.05, 4.69) is 14.9 Å². The highest BCUT2D eigenvalue weighted by molar-refractivity contribution is 7.89. The van der Waals surface area contributed by atoms with E-state index in [0.29, 0.717) is 29.3 Å². The number of methoxy groups -OCH3 is 1. The van der Waals surface area contributed by atoms with Gasteiger partial charge in [0.05, 0.1) is 12.0 Å². The number of esters is 1. The summed E-state index contributed by atoms with van der Waals surface area (Å²) in [6.45, 7) is 9.78. The number of nitrogens with zero attached hydrogens (tertiary/aromatic N) is 2. The largest absolute Gasteiger partial charge is 0.468 e. The van der Waals surface area contributed by atoms with Crippen LogP contribution in [0.3, 0.4) is 0 Å². The number of hydrogen-bond acceptors (Lipinski definition) is 8. The lowest BCUT2D eigenvalue weighted by atomic mass is 9.97. The Labute approximate surface area is 203 Å². The lowest BCUT2D eigenvalue weighted by Crippen LogP contribution is -2.42. The van der Waals surface area contributed by atoms with Gasteiger partial charge in [0.25, 0.3) is 0 Å². The molecule has 2 heterocycles. The SMILES string of the molecule is COC(=O)C(CC(C)C)NS(=O)(=O)c1ccc2c(c1)oc1ccc(-c3noc(C(C)(C)C)n3)cc12. The Hall–Kier alpha value is -3.24.